The van der Waals surface area contributed by atoms with Gasteiger partial charge in [-0.2, -0.15) is 0 Å². The second kappa shape index (κ2) is 10.4. The van der Waals surface area contributed by atoms with Crippen molar-refractivity contribution < 1.29 is 17.9 Å². The van der Waals surface area contributed by atoms with Crippen LogP contribution in [0, 0.1) is 0 Å². The molecule has 0 bridgehead atoms. The highest BCUT2D eigenvalue weighted by molar-refractivity contribution is 7.91. The fourth-order valence-corrected chi connectivity index (χ4v) is 4.00. The second-order valence-electron chi connectivity index (χ2n) is 6.65. The van der Waals surface area contributed by atoms with Gasteiger partial charge in [-0.3, -0.25) is 9.69 Å². The minimum Gasteiger partial charge on any atom is -0.465 e. The standard InChI is InChI=1S/C20H29N3O4S/c1-4-27-19(24)16-22(3)15-18-14-21-20(28(25,26)5-2)23(18)13-9-12-17-10-7-6-8-11-17/h6-8,10-11,14H,4-5,9,12-13,15-16H2,1-3H3. The molecule has 1 aromatic heterocycles. The molecule has 0 spiro atoms. The van der Waals surface area contributed by atoms with E-state index in [0.29, 0.717) is 19.7 Å². The minimum atomic E-state index is -3.43. The van der Waals surface area contributed by atoms with Crippen molar-refractivity contribution in [1.29, 1.82) is 0 Å². The van der Waals surface area contributed by atoms with E-state index in [1.165, 1.54) is 5.56 Å². The summed E-state index contributed by atoms with van der Waals surface area (Å²) in [5, 5.41) is 0.0996. The first-order valence-electron chi connectivity index (χ1n) is 9.52. The fraction of sp³-hybridized carbons (Fsp3) is 0.500. The molecule has 0 saturated carbocycles. The summed E-state index contributed by atoms with van der Waals surface area (Å²) in [6.07, 6.45) is 3.23. The number of esters is 1. The van der Waals surface area contributed by atoms with Crippen LogP contribution in [0.1, 0.15) is 31.5 Å². The predicted octanol–water partition coefficient (Wildman–Crippen LogP) is 2.30. The number of benzene rings is 1. The summed E-state index contributed by atoms with van der Waals surface area (Å²) >= 11 is 0. The highest BCUT2D eigenvalue weighted by Gasteiger charge is 2.22. The van der Waals surface area contributed by atoms with E-state index in [2.05, 4.69) is 17.1 Å². The fourth-order valence-electron chi connectivity index (χ4n) is 2.98. The molecule has 1 heterocycles. The molecule has 1 aromatic carbocycles. The Labute approximate surface area is 167 Å². The van der Waals surface area contributed by atoms with Crippen LogP contribution in [-0.4, -0.2) is 54.8 Å². The van der Waals surface area contributed by atoms with Crippen molar-refractivity contribution in [3.8, 4) is 0 Å². The number of hydrogen-bond donors (Lipinski definition) is 0. The number of imidazole rings is 1. The Bertz CT molecular complexity index is 863. The number of nitrogens with zero attached hydrogens (tertiary/aromatic N) is 3. The van der Waals surface area contributed by atoms with Gasteiger partial charge in [-0.1, -0.05) is 37.3 Å². The van der Waals surface area contributed by atoms with Crippen LogP contribution in [0.5, 0.6) is 0 Å². The number of hydrogen-bond acceptors (Lipinski definition) is 6. The molecule has 0 radical (unpaired) electrons. The van der Waals surface area contributed by atoms with Gasteiger partial charge in [-0.25, -0.2) is 13.4 Å². The Morgan fingerprint density at radius 2 is 1.93 bits per heavy atom. The molecule has 154 valence electrons. The van der Waals surface area contributed by atoms with E-state index in [1.807, 2.05) is 18.2 Å². The molecule has 8 heteroatoms. The van der Waals surface area contributed by atoms with E-state index in [0.717, 1.165) is 18.5 Å². The summed E-state index contributed by atoms with van der Waals surface area (Å²) < 4.78 is 31.6. The van der Waals surface area contributed by atoms with Crippen molar-refractivity contribution in [2.45, 2.75) is 44.9 Å². The normalized spacial score (nSPS) is 11.7. The summed E-state index contributed by atoms with van der Waals surface area (Å²) in [6, 6.07) is 10.1. The Morgan fingerprint density at radius 3 is 2.57 bits per heavy atom. The number of sulfone groups is 1. The smallest absolute Gasteiger partial charge is 0.320 e. The number of carbonyl (C=O) groups excluding carboxylic acids is 1. The van der Waals surface area contributed by atoms with Crippen LogP contribution < -0.4 is 0 Å². The van der Waals surface area contributed by atoms with E-state index >= 15 is 0 Å². The molecule has 28 heavy (non-hydrogen) atoms. The summed E-state index contributed by atoms with van der Waals surface area (Å²) in [6.45, 7) is 4.82. The summed E-state index contributed by atoms with van der Waals surface area (Å²) in [5.41, 5.74) is 1.98. The molecule has 2 rings (SSSR count). The summed E-state index contributed by atoms with van der Waals surface area (Å²) in [5.74, 6) is -0.303. The number of aryl methyl sites for hydroxylation is 1. The van der Waals surface area contributed by atoms with Crippen LogP contribution >= 0.6 is 0 Å². The Morgan fingerprint density at radius 1 is 1.21 bits per heavy atom. The maximum atomic E-state index is 12.4. The molecular formula is C20H29N3O4S. The quantitative estimate of drug-likeness (QED) is 0.532. The molecule has 0 amide bonds. The SMILES string of the molecule is CCOC(=O)CN(C)Cc1cnc(S(=O)(=O)CC)n1CCCc1ccccc1. The monoisotopic (exact) mass is 407 g/mol. The van der Waals surface area contributed by atoms with Crippen LogP contribution in [0.25, 0.3) is 0 Å². The number of likely N-dealkylation sites (N-methyl/N-ethyl adjacent to an activating group) is 1. The average Bonchev–Trinajstić information content (AvgIpc) is 3.06. The zero-order valence-electron chi connectivity index (χ0n) is 16.8. The summed E-state index contributed by atoms with van der Waals surface area (Å²) in [7, 11) is -1.63. The average molecular weight is 408 g/mol. The van der Waals surface area contributed by atoms with Crippen LogP contribution in [0.2, 0.25) is 0 Å². The van der Waals surface area contributed by atoms with Gasteiger partial charge in [0, 0.05) is 13.1 Å². The van der Waals surface area contributed by atoms with Crippen LogP contribution in [0.4, 0.5) is 0 Å². The number of aromatic nitrogens is 2. The Kier molecular flexibility index (Phi) is 8.19. The highest BCUT2D eigenvalue weighted by atomic mass is 32.2. The lowest BCUT2D eigenvalue weighted by atomic mass is 10.1. The van der Waals surface area contributed by atoms with E-state index in [9.17, 15) is 13.2 Å². The molecule has 0 unspecified atom stereocenters. The van der Waals surface area contributed by atoms with Crippen molar-refractivity contribution in [3.63, 3.8) is 0 Å². The second-order valence-corrected chi connectivity index (χ2v) is 8.83. The molecule has 2 aromatic rings. The largest absolute Gasteiger partial charge is 0.465 e. The van der Waals surface area contributed by atoms with Crippen LogP contribution in [-0.2, 0) is 38.9 Å². The van der Waals surface area contributed by atoms with E-state index < -0.39 is 9.84 Å². The molecule has 0 saturated heterocycles. The van der Waals surface area contributed by atoms with Gasteiger partial charge in [0.1, 0.15) is 0 Å². The third-order valence-corrected chi connectivity index (χ3v) is 6.03. The zero-order valence-corrected chi connectivity index (χ0v) is 17.6. The minimum absolute atomic E-state index is 0.000797. The van der Waals surface area contributed by atoms with Crippen molar-refractivity contribution >= 4 is 15.8 Å². The Hall–Kier alpha value is -2.19. The van der Waals surface area contributed by atoms with Gasteiger partial charge in [0.25, 0.3) is 0 Å². The summed E-state index contributed by atoms with van der Waals surface area (Å²) in [4.78, 5) is 17.7. The van der Waals surface area contributed by atoms with Gasteiger partial charge in [-0.05, 0) is 32.4 Å². The molecule has 0 fully saturated rings. The predicted molar refractivity (Wildman–Crippen MR) is 108 cm³/mol. The van der Waals surface area contributed by atoms with E-state index in [4.69, 9.17) is 4.74 Å². The van der Waals surface area contributed by atoms with Gasteiger partial charge in [0.05, 0.1) is 30.8 Å². The van der Waals surface area contributed by atoms with Gasteiger partial charge < -0.3 is 9.30 Å². The van der Waals surface area contributed by atoms with E-state index in [1.54, 1.807) is 36.6 Å². The van der Waals surface area contributed by atoms with Gasteiger partial charge in [-0.15, -0.1) is 0 Å². The number of carbonyl (C=O) groups is 1. The number of ether oxygens (including phenoxy) is 1. The van der Waals surface area contributed by atoms with Gasteiger partial charge in [0.2, 0.25) is 15.0 Å². The van der Waals surface area contributed by atoms with Crippen molar-refractivity contribution in [3.05, 3.63) is 47.8 Å². The lowest BCUT2D eigenvalue weighted by Gasteiger charge is -2.18. The van der Waals surface area contributed by atoms with Crippen molar-refractivity contribution in [1.82, 2.24) is 14.5 Å². The third kappa shape index (κ3) is 6.17. The first kappa shape index (κ1) is 22.1. The Balaban J connectivity index is 2.14. The highest BCUT2D eigenvalue weighted by Crippen LogP contribution is 2.16. The first-order chi connectivity index (χ1) is 13.4. The van der Waals surface area contributed by atoms with Gasteiger partial charge >= 0.3 is 5.97 Å². The van der Waals surface area contributed by atoms with Crippen molar-refractivity contribution in [2.75, 3.05) is 26.0 Å². The molecule has 0 N–H and O–H groups in total. The maximum Gasteiger partial charge on any atom is 0.320 e. The molecule has 0 aliphatic heterocycles. The zero-order chi connectivity index (χ0) is 20.6. The number of rotatable bonds is 11. The van der Waals surface area contributed by atoms with Crippen LogP contribution in [0.3, 0.4) is 0 Å². The lowest BCUT2D eigenvalue weighted by molar-refractivity contribution is -0.144. The molecule has 0 aliphatic rings. The van der Waals surface area contributed by atoms with Crippen LogP contribution in [0.15, 0.2) is 41.7 Å². The molecule has 0 aliphatic carbocycles. The maximum absolute atomic E-state index is 12.4. The topological polar surface area (TPSA) is 81.5 Å². The first-order valence-corrected chi connectivity index (χ1v) is 11.2. The molecule has 7 nitrogen and oxygen atoms in total. The van der Waals surface area contributed by atoms with Gasteiger partial charge in [0.15, 0.2) is 0 Å². The van der Waals surface area contributed by atoms with E-state index in [-0.39, 0.29) is 23.4 Å². The third-order valence-electron chi connectivity index (χ3n) is 4.39. The lowest BCUT2D eigenvalue weighted by Crippen LogP contribution is -2.28. The molecule has 0 atom stereocenters. The molecular weight excluding hydrogens is 378 g/mol. The van der Waals surface area contributed by atoms with Crippen molar-refractivity contribution in [2.24, 2.45) is 0 Å².